The van der Waals surface area contributed by atoms with E-state index in [1.54, 1.807) is 13.8 Å². The topological polar surface area (TPSA) is 141 Å². The molecule has 0 bridgehead atoms. The SMILES string of the molecule is CC(=O)OC(C)(C)CCC(=O)[C@](C)(O)[C@@H]1[C@H](O)C[C@@]2(C)[C@@H]3CC=C4[C@H](C[C@H](O)[C@@H](O)C4(C)C)[C@]3(C)C(=O)C[C@]12C. The van der Waals surface area contributed by atoms with Crippen molar-refractivity contribution in [2.75, 3.05) is 0 Å². The van der Waals surface area contributed by atoms with Gasteiger partial charge in [0.25, 0.3) is 0 Å². The van der Waals surface area contributed by atoms with Gasteiger partial charge in [0.05, 0.1) is 18.3 Å². The number of esters is 1. The van der Waals surface area contributed by atoms with Gasteiger partial charge < -0.3 is 25.2 Å². The Balaban J connectivity index is 1.70. The lowest BCUT2D eigenvalue weighted by molar-refractivity contribution is -0.188. The average molecular weight is 563 g/mol. The molecule has 4 aliphatic rings. The molecule has 4 N–H and O–H groups in total. The molecular weight excluding hydrogens is 512 g/mol. The lowest BCUT2D eigenvalue weighted by atomic mass is 9.38. The third-order valence-electron chi connectivity index (χ3n) is 12.2. The lowest BCUT2D eigenvalue weighted by Crippen LogP contribution is -2.65. The van der Waals surface area contributed by atoms with Crippen molar-refractivity contribution in [2.45, 2.75) is 130 Å². The number of allylic oxidation sites excluding steroid dienone is 1. The van der Waals surface area contributed by atoms with Gasteiger partial charge in [-0.25, -0.2) is 0 Å². The fraction of sp³-hybridized carbons (Fsp3) is 0.844. The van der Waals surface area contributed by atoms with E-state index in [9.17, 15) is 34.8 Å². The highest BCUT2D eigenvalue weighted by Gasteiger charge is 2.74. The summed E-state index contributed by atoms with van der Waals surface area (Å²) in [7, 11) is 0. The van der Waals surface area contributed by atoms with Gasteiger partial charge >= 0.3 is 5.97 Å². The lowest BCUT2D eigenvalue weighted by Gasteiger charge is -2.65. The van der Waals surface area contributed by atoms with Gasteiger partial charge in [-0.05, 0) is 69.1 Å². The number of ketones is 2. The zero-order valence-electron chi connectivity index (χ0n) is 25.7. The van der Waals surface area contributed by atoms with Gasteiger partial charge in [0.1, 0.15) is 17.0 Å². The van der Waals surface area contributed by atoms with Gasteiger partial charge in [0, 0.05) is 36.5 Å². The first kappa shape index (κ1) is 31.3. The van der Waals surface area contributed by atoms with Crippen molar-refractivity contribution >= 4 is 17.5 Å². The minimum absolute atomic E-state index is 0.0193. The molecule has 0 spiro atoms. The predicted octanol–water partition coefficient (Wildman–Crippen LogP) is 3.52. The van der Waals surface area contributed by atoms with Gasteiger partial charge in [-0.1, -0.05) is 46.3 Å². The molecule has 0 unspecified atom stereocenters. The molecule has 0 aromatic carbocycles. The molecular formula is C32H50O8. The van der Waals surface area contributed by atoms with E-state index in [1.807, 2.05) is 27.7 Å². The summed E-state index contributed by atoms with van der Waals surface area (Å²) < 4.78 is 5.32. The summed E-state index contributed by atoms with van der Waals surface area (Å²) in [6.07, 6.45) is 0.776. The van der Waals surface area contributed by atoms with Gasteiger partial charge in [-0.15, -0.1) is 0 Å². The Labute approximate surface area is 238 Å². The van der Waals surface area contributed by atoms with Crippen molar-refractivity contribution in [3.8, 4) is 0 Å². The maximum Gasteiger partial charge on any atom is 0.303 e. The Morgan fingerprint density at radius 3 is 2.20 bits per heavy atom. The molecule has 3 saturated carbocycles. The number of aliphatic hydroxyl groups is 4. The van der Waals surface area contributed by atoms with E-state index < -0.39 is 68.8 Å². The second-order valence-corrected chi connectivity index (χ2v) is 15.4. The van der Waals surface area contributed by atoms with E-state index in [0.717, 1.165) is 5.57 Å². The molecule has 8 nitrogen and oxygen atoms in total. The number of carbonyl (C=O) groups is 3. The number of hydrogen-bond donors (Lipinski definition) is 4. The van der Waals surface area contributed by atoms with Crippen LogP contribution in [0, 0.1) is 39.4 Å². The molecule has 0 amide bonds. The van der Waals surface area contributed by atoms with Crippen LogP contribution in [-0.4, -0.2) is 67.5 Å². The largest absolute Gasteiger partial charge is 0.460 e. The summed E-state index contributed by atoms with van der Waals surface area (Å²) in [5, 5.41) is 45.0. The molecule has 3 fully saturated rings. The van der Waals surface area contributed by atoms with Crippen LogP contribution in [0.4, 0.5) is 0 Å². The predicted molar refractivity (Wildman–Crippen MR) is 149 cm³/mol. The van der Waals surface area contributed by atoms with Crippen LogP contribution in [-0.2, 0) is 19.1 Å². The fourth-order valence-electron chi connectivity index (χ4n) is 9.83. The second-order valence-electron chi connectivity index (χ2n) is 15.4. The molecule has 226 valence electrons. The summed E-state index contributed by atoms with van der Waals surface area (Å²) in [4.78, 5) is 39.4. The van der Waals surface area contributed by atoms with Crippen LogP contribution in [0.25, 0.3) is 0 Å². The minimum Gasteiger partial charge on any atom is -0.460 e. The van der Waals surface area contributed by atoms with Gasteiger partial charge in [-0.3, -0.25) is 14.4 Å². The number of carbonyl (C=O) groups excluding carboxylic acids is 3. The molecule has 4 rings (SSSR count). The Morgan fingerprint density at radius 2 is 1.62 bits per heavy atom. The standard InChI is InChI=1S/C32H50O8/c1-17(33)40-27(2,3)13-12-23(36)32(9,39)25-21(35)15-29(6)22-11-10-18-19(14-20(34)26(38)28(18,4)5)31(22,8)24(37)16-30(25,29)7/h10,19-22,25-26,34-35,38-39H,11-16H2,1-9H3/t19-,20-,21+,22-,25+,26+,29-,30+,31-,32-/m0/s1. The van der Waals surface area contributed by atoms with E-state index in [2.05, 4.69) is 13.0 Å². The number of fused-ring (bicyclic) bond motifs is 5. The zero-order valence-corrected chi connectivity index (χ0v) is 25.7. The van der Waals surface area contributed by atoms with Crippen molar-refractivity contribution in [3.05, 3.63) is 11.6 Å². The quantitative estimate of drug-likeness (QED) is 0.285. The van der Waals surface area contributed by atoms with Crippen LogP contribution >= 0.6 is 0 Å². The first-order valence-corrected chi connectivity index (χ1v) is 14.8. The maximum atomic E-state index is 14.3. The fourth-order valence-corrected chi connectivity index (χ4v) is 9.83. The van der Waals surface area contributed by atoms with Crippen molar-refractivity contribution < 1.29 is 39.5 Å². The van der Waals surface area contributed by atoms with Crippen LogP contribution < -0.4 is 0 Å². The molecule has 40 heavy (non-hydrogen) atoms. The normalized spacial score (nSPS) is 44.0. The Hall–Kier alpha value is -1.61. The minimum atomic E-state index is -1.89. The maximum absolute atomic E-state index is 14.3. The van der Waals surface area contributed by atoms with Crippen LogP contribution in [0.5, 0.6) is 0 Å². The summed E-state index contributed by atoms with van der Waals surface area (Å²) >= 11 is 0. The molecule has 0 saturated heterocycles. The van der Waals surface area contributed by atoms with E-state index in [4.69, 9.17) is 4.74 Å². The van der Waals surface area contributed by atoms with Crippen LogP contribution in [0.3, 0.4) is 0 Å². The van der Waals surface area contributed by atoms with Crippen molar-refractivity contribution in [1.82, 2.24) is 0 Å². The van der Waals surface area contributed by atoms with E-state index in [-0.39, 0.29) is 36.9 Å². The number of hydrogen-bond acceptors (Lipinski definition) is 8. The van der Waals surface area contributed by atoms with Crippen molar-refractivity contribution in [3.63, 3.8) is 0 Å². The summed E-state index contributed by atoms with van der Waals surface area (Å²) in [5.41, 5.74) is -4.68. The number of aliphatic hydroxyl groups excluding tert-OH is 3. The van der Waals surface area contributed by atoms with Gasteiger partial charge in [-0.2, -0.15) is 0 Å². The summed E-state index contributed by atoms with van der Waals surface area (Å²) in [6, 6.07) is 0. The highest BCUT2D eigenvalue weighted by molar-refractivity contribution is 5.90. The molecule has 4 aliphatic carbocycles. The Kier molecular flexibility index (Phi) is 7.40. The van der Waals surface area contributed by atoms with E-state index >= 15 is 0 Å². The third kappa shape index (κ3) is 4.26. The van der Waals surface area contributed by atoms with Gasteiger partial charge in [0.2, 0.25) is 0 Å². The van der Waals surface area contributed by atoms with Gasteiger partial charge in [0.15, 0.2) is 5.78 Å². The van der Waals surface area contributed by atoms with Crippen molar-refractivity contribution in [2.24, 2.45) is 39.4 Å². The first-order chi connectivity index (χ1) is 18.1. The van der Waals surface area contributed by atoms with E-state index in [0.29, 0.717) is 19.3 Å². The number of rotatable bonds is 6. The highest BCUT2D eigenvalue weighted by Crippen LogP contribution is 2.74. The average Bonchev–Trinajstić information content (AvgIpc) is 3.01. The monoisotopic (exact) mass is 562 g/mol. The summed E-state index contributed by atoms with van der Waals surface area (Å²) in [5.74, 6) is -2.15. The van der Waals surface area contributed by atoms with Crippen LogP contribution in [0.1, 0.15) is 101 Å². The second kappa shape index (κ2) is 9.45. The van der Waals surface area contributed by atoms with Crippen LogP contribution in [0.15, 0.2) is 11.6 Å². The molecule has 10 atom stereocenters. The smallest absolute Gasteiger partial charge is 0.303 e. The molecule has 8 heteroatoms. The molecule has 0 radical (unpaired) electrons. The third-order valence-corrected chi connectivity index (χ3v) is 12.2. The van der Waals surface area contributed by atoms with Crippen LogP contribution in [0.2, 0.25) is 0 Å². The zero-order chi connectivity index (χ0) is 30.4. The molecule has 0 aliphatic heterocycles. The van der Waals surface area contributed by atoms with Crippen molar-refractivity contribution in [1.29, 1.82) is 0 Å². The summed E-state index contributed by atoms with van der Waals surface area (Å²) in [6.45, 7) is 16.1. The molecule has 0 aromatic heterocycles. The van der Waals surface area contributed by atoms with E-state index in [1.165, 1.54) is 13.8 Å². The highest BCUT2D eigenvalue weighted by atomic mass is 16.6. The number of Topliss-reactive ketones (excluding diaryl/α,β-unsaturated/α-hetero) is 2. The Bertz CT molecular complexity index is 1120. The number of ether oxygens (including phenoxy) is 1. The molecule has 0 aromatic rings. The Morgan fingerprint density at radius 1 is 1.02 bits per heavy atom. The first-order valence-electron chi connectivity index (χ1n) is 14.8. The molecule has 0 heterocycles.